The fraction of sp³-hybridized carbons (Fsp3) is 0.933. The lowest BCUT2D eigenvalue weighted by Gasteiger charge is -2.40. The largest absolute Gasteiger partial charge is 0.393 e. The van der Waals surface area contributed by atoms with Gasteiger partial charge in [0.1, 0.15) is 0 Å². The monoisotopic (exact) mass is 283 g/mol. The van der Waals surface area contributed by atoms with E-state index >= 15 is 0 Å². The van der Waals surface area contributed by atoms with Crippen molar-refractivity contribution in [3.05, 3.63) is 0 Å². The molecule has 0 aromatic carbocycles. The van der Waals surface area contributed by atoms with Gasteiger partial charge in [0.15, 0.2) is 0 Å². The fourth-order valence-electron chi connectivity index (χ4n) is 3.23. The number of aliphatic hydroxyl groups is 1. The van der Waals surface area contributed by atoms with E-state index in [-0.39, 0.29) is 17.9 Å². The topological polar surface area (TPSA) is 64.6 Å². The van der Waals surface area contributed by atoms with Crippen LogP contribution in [0.4, 0.5) is 0 Å². The van der Waals surface area contributed by atoms with E-state index in [1.165, 1.54) is 6.42 Å². The highest BCUT2D eigenvalue weighted by molar-refractivity contribution is 5.85. The van der Waals surface area contributed by atoms with Crippen molar-refractivity contribution in [2.45, 2.75) is 51.2 Å². The summed E-state index contributed by atoms with van der Waals surface area (Å²) in [5, 5.41) is 16.3. The van der Waals surface area contributed by atoms with Crippen molar-refractivity contribution >= 4 is 5.91 Å². The van der Waals surface area contributed by atoms with Gasteiger partial charge < -0.3 is 15.7 Å². The quantitative estimate of drug-likeness (QED) is 0.696. The van der Waals surface area contributed by atoms with Crippen molar-refractivity contribution < 1.29 is 9.90 Å². The van der Waals surface area contributed by atoms with E-state index in [4.69, 9.17) is 0 Å². The van der Waals surface area contributed by atoms with Gasteiger partial charge in [-0.1, -0.05) is 12.8 Å². The summed E-state index contributed by atoms with van der Waals surface area (Å²) in [5.41, 5.74) is -0.471. The molecule has 2 unspecified atom stereocenters. The second-order valence-corrected chi connectivity index (χ2v) is 6.62. The average Bonchev–Trinajstić information content (AvgIpc) is 2.47. The van der Waals surface area contributed by atoms with Crippen LogP contribution >= 0.6 is 0 Å². The van der Waals surface area contributed by atoms with Crippen molar-refractivity contribution in [2.75, 3.05) is 32.7 Å². The summed E-state index contributed by atoms with van der Waals surface area (Å²) >= 11 is 0. The van der Waals surface area contributed by atoms with Gasteiger partial charge in [0.25, 0.3) is 0 Å². The molecule has 1 saturated heterocycles. The maximum Gasteiger partial charge on any atom is 0.239 e. The lowest BCUT2D eigenvalue weighted by molar-refractivity contribution is -0.132. The summed E-state index contributed by atoms with van der Waals surface area (Å²) < 4.78 is 0. The number of carbonyl (C=O) groups excluding carboxylic acids is 1. The van der Waals surface area contributed by atoms with Crippen LogP contribution in [0.5, 0.6) is 0 Å². The van der Waals surface area contributed by atoms with E-state index < -0.39 is 5.54 Å². The average molecular weight is 283 g/mol. The maximum absolute atomic E-state index is 12.5. The van der Waals surface area contributed by atoms with Crippen molar-refractivity contribution in [2.24, 2.45) is 5.92 Å². The second kappa shape index (κ2) is 6.87. The molecule has 1 saturated carbocycles. The van der Waals surface area contributed by atoms with Crippen LogP contribution in [-0.4, -0.2) is 60.3 Å². The first-order valence-corrected chi connectivity index (χ1v) is 7.94. The number of hydrogen-bond donors (Lipinski definition) is 3. The number of nitrogens with zero attached hydrogens (tertiary/aromatic N) is 1. The second-order valence-electron chi connectivity index (χ2n) is 6.62. The number of carbonyl (C=O) groups is 1. The van der Waals surface area contributed by atoms with Gasteiger partial charge in [-0.25, -0.2) is 0 Å². The lowest BCUT2D eigenvalue weighted by Crippen LogP contribution is -2.60. The van der Waals surface area contributed by atoms with Gasteiger partial charge in [0, 0.05) is 38.6 Å². The minimum Gasteiger partial charge on any atom is -0.393 e. The molecule has 1 aliphatic heterocycles. The van der Waals surface area contributed by atoms with Crippen LogP contribution in [0.1, 0.15) is 39.5 Å². The zero-order valence-electron chi connectivity index (χ0n) is 12.8. The maximum atomic E-state index is 12.5. The number of hydrogen-bond acceptors (Lipinski definition) is 4. The van der Waals surface area contributed by atoms with E-state index in [1.807, 2.05) is 13.8 Å². The third-order valence-corrected chi connectivity index (χ3v) is 4.86. The molecular weight excluding hydrogens is 254 g/mol. The van der Waals surface area contributed by atoms with Gasteiger partial charge in [0.2, 0.25) is 5.91 Å². The van der Waals surface area contributed by atoms with Gasteiger partial charge in [-0.2, -0.15) is 0 Å². The van der Waals surface area contributed by atoms with Crippen molar-refractivity contribution in [3.63, 3.8) is 0 Å². The minimum atomic E-state index is -0.471. The molecule has 20 heavy (non-hydrogen) atoms. The first-order chi connectivity index (χ1) is 9.51. The van der Waals surface area contributed by atoms with E-state index in [0.29, 0.717) is 6.54 Å². The summed E-state index contributed by atoms with van der Waals surface area (Å²) in [6, 6.07) is 0. The number of aliphatic hydroxyl groups excluding tert-OH is 1. The van der Waals surface area contributed by atoms with Crippen LogP contribution in [0.15, 0.2) is 0 Å². The molecule has 0 aromatic rings. The van der Waals surface area contributed by atoms with E-state index in [0.717, 1.165) is 45.4 Å². The summed E-state index contributed by atoms with van der Waals surface area (Å²) in [4.78, 5) is 14.7. The molecule has 1 amide bonds. The number of amides is 1. The van der Waals surface area contributed by atoms with E-state index in [2.05, 4.69) is 15.5 Å². The summed E-state index contributed by atoms with van der Waals surface area (Å²) in [6.45, 7) is 8.29. The lowest BCUT2D eigenvalue weighted by atomic mass is 9.86. The Kier molecular flexibility index (Phi) is 5.41. The number of piperazine rings is 1. The van der Waals surface area contributed by atoms with Crippen LogP contribution in [0, 0.1) is 5.92 Å². The molecule has 116 valence electrons. The minimum absolute atomic E-state index is 0.0807. The molecule has 1 aliphatic carbocycles. The Morgan fingerprint density at radius 1 is 1.30 bits per heavy atom. The Morgan fingerprint density at radius 3 is 2.60 bits per heavy atom. The van der Waals surface area contributed by atoms with Gasteiger partial charge in [0.05, 0.1) is 11.6 Å². The predicted molar refractivity (Wildman–Crippen MR) is 79.5 cm³/mol. The third-order valence-electron chi connectivity index (χ3n) is 4.86. The first-order valence-electron chi connectivity index (χ1n) is 7.94. The number of rotatable bonds is 4. The summed E-state index contributed by atoms with van der Waals surface area (Å²) in [6.07, 6.45) is 3.93. The van der Waals surface area contributed by atoms with Crippen LogP contribution < -0.4 is 10.6 Å². The molecule has 5 heteroatoms. The highest BCUT2D eigenvalue weighted by Crippen LogP contribution is 2.24. The summed E-state index contributed by atoms with van der Waals surface area (Å²) in [5.74, 6) is 0.309. The van der Waals surface area contributed by atoms with Crippen LogP contribution in [0.2, 0.25) is 0 Å². The van der Waals surface area contributed by atoms with E-state index in [1.54, 1.807) is 0 Å². The molecule has 2 aliphatic rings. The van der Waals surface area contributed by atoms with Crippen LogP contribution in [0.3, 0.4) is 0 Å². The molecule has 0 spiro atoms. The van der Waals surface area contributed by atoms with Gasteiger partial charge in [-0.3, -0.25) is 9.69 Å². The van der Waals surface area contributed by atoms with Gasteiger partial charge in [-0.15, -0.1) is 0 Å². The molecule has 2 fully saturated rings. The van der Waals surface area contributed by atoms with Gasteiger partial charge >= 0.3 is 0 Å². The first kappa shape index (κ1) is 15.7. The third kappa shape index (κ3) is 3.71. The smallest absolute Gasteiger partial charge is 0.239 e. The van der Waals surface area contributed by atoms with Gasteiger partial charge in [-0.05, 0) is 26.7 Å². The normalized spacial score (nSPS) is 29.1. The highest BCUT2D eigenvalue weighted by atomic mass is 16.3. The Balaban J connectivity index is 1.83. The molecule has 5 nitrogen and oxygen atoms in total. The van der Waals surface area contributed by atoms with Crippen molar-refractivity contribution in [1.29, 1.82) is 0 Å². The predicted octanol–water partition coefficient (Wildman–Crippen LogP) is 0.338. The Hall–Kier alpha value is -0.650. The SMILES string of the molecule is CC(C)(C(=O)NCC1CCCCC1O)N1CCNCC1. The Morgan fingerprint density at radius 2 is 1.95 bits per heavy atom. The highest BCUT2D eigenvalue weighted by Gasteiger charge is 2.35. The standard InChI is InChI=1S/C15H29N3O2/c1-15(2,18-9-7-16-8-10-18)14(20)17-11-12-5-3-4-6-13(12)19/h12-13,16,19H,3-11H2,1-2H3,(H,17,20). The molecule has 2 rings (SSSR count). The van der Waals surface area contributed by atoms with E-state index in [9.17, 15) is 9.90 Å². The molecule has 0 bridgehead atoms. The zero-order chi connectivity index (χ0) is 14.6. The fourth-order valence-corrected chi connectivity index (χ4v) is 3.23. The summed E-state index contributed by atoms with van der Waals surface area (Å²) in [7, 11) is 0. The van der Waals surface area contributed by atoms with Crippen LogP contribution in [0.25, 0.3) is 0 Å². The molecular formula is C15H29N3O2. The molecule has 2 atom stereocenters. The van der Waals surface area contributed by atoms with Crippen molar-refractivity contribution in [3.8, 4) is 0 Å². The zero-order valence-corrected chi connectivity index (χ0v) is 12.8. The molecule has 1 heterocycles. The Bertz CT molecular complexity index is 327. The van der Waals surface area contributed by atoms with Crippen molar-refractivity contribution in [1.82, 2.24) is 15.5 Å². The molecule has 3 N–H and O–H groups in total. The van der Waals surface area contributed by atoms with Crippen LogP contribution in [-0.2, 0) is 4.79 Å². The molecule has 0 aromatic heterocycles. The molecule has 0 radical (unpaired) electrons. The Labute approximate surface area is 122 Å². The number of nitrogens with one attached hydrogen (secondary N) is 2.